The lowest BCUT2D eigenvalue weighted by atomic mass is 10.0. The van der Waals surface area contributed by atoms with Gasteiger partial charge in [0.25, 0.3) is 0 Å². The van der Waals surface area contributed by atoms with Crippen molar-refractivity contribution in [3.05, 3.63) is 48.6 Å². The molecule has 0 aromatic carbocycles. The van der Waals surface area contributed by atoms with E-state index in [0.29, 0.717) is 23.9 Å². The van der Waals surface area contributed by atoms with Crippen LogP contribution in [0.5, 0.6) is 0 Å². The summed E-state index contributed by atoms with van der Waals surface area (Å²) >= 11 is 0. The monoisotopic (exact) mass is 783 g/mol. The number of phosphoric ester groups is 1. The highest BCUT2D eigenvalue weighted by Gasteiger charge is 2.27. The van der Waals surface area contributed by atoms with Crippen LogP contribution < -0.4 is 0 Å². The Morgan fingerprint density at radius 3 is 1.57 bits per heavy atom. The lowest BCUT2D eigenvalue weighted by molar-refractivity contribution is -0.870. The predicted octanol–water partition coefficient (Wildman–Crippen LogP) is 11.9. The maximum Gasteiger partial charge on any atom is 0.472 e. The lowest BCUT2D eigenvalue weighted by Crippen LogP contribution is -2.37. The second kappa shape index (κ2) is 36.6. The highest BCUT2D eigenvalue weighted by molar-refractivity contribution is 7.47. The molecule has 0 saturated heterocycles. The van der Waals surface area contributed by atoms with Crippen LogP contribution in [0.1, 0.15) is 168 Å². The number of likely N-dealkylation sites (N-methyl/N-ethyl adjacent to an activating group) is 1. The molecule has 0 rings (SSSR count). The van der Waals surface area contributed by atoms with Gasteiger partial charge >= 0.3 is 19.8 Å². The maximum atomic E-state index is 12.7. The maximum absolute atomic E-state index is 12.7. The molecule has 0 amide bonds. The van der Waals surface area contributed by atoms with Gasteiger partial charge in [-0.25, -0.2) is 4.57 Å². The topological polar surface area (TPSA) is 108 Å². The SMILES string of the molecule is CC/C=C/C/C=C/C/C=C/C/C=C/CCCCC(=O)OC[C@H](COP(=O)(O)OCC[N+](C)(C)C)OC(=O)CCCCCCCCCCCCCCCCC. The Bertz CT molecular complexity index is 1070. The third kappa shape index (κ3) is 39.7. The van der Waals surface area contributed by atoms with Crippen LogP contribution >= 0.6 is 7.82 Å². The second-order valence-corrected chi connectivity index (χ2v) is 16.8. The first-order valence-electron chi connectivity index (χ1n) is 21.4. The van der Waals surface area contributed by atoms with Crippen LogP contribution in [0, 0.1) is 0 Å². The minimum Gasteiger partial charge on any atom is -0.462 e. The number of hydrogen-bond acceptors (Lipinski definition) is 7. The van der Waals surface area contributed by atoms with Crippen molar-refractivity contribution < 1.29 is 42.1 Å². The van der Waals surface area contributed by atoms with Crippen molar-refractivity contribution in [3.8, 4) is 0 Å². The third-order valence-corrected chi connectivity index (χ3v) is 9.86. The Hall–Kier alpha value is -2.03. The largest absolute Gasteiger partial charge is 0.472 e. The smallest absolute Gasteiger partial charge is 0.462 e. The lowest BCUT2D eigenvalue weighted by Gasteiger charge is -2.24. The average molecular weight is 783 g/mol. The van der Waals surface area contributed by atoms with E-state index in [2.05, 4.69) is 62.5 Å². The number of nitrogens with zero attached hydrogens (tertiary/aromatic N) is 1. The summed E-state index contributed by atoms with van der Waals surface area (Å²) in [5, 5.41) is 0. The first-order chi connectivity index (χ1) is 26.0. The van der Waals surface area contributed by atoms with E-state index in [1.807, 2.05) is 21.1 Å². The van der Waals surface area contributed by atoms with Gasteiger partial charge in [0.1, 0.15) is 19.8 Å². The molecule has 0 aromatic rings. The Balaban J connectivity index is 4.44. The molecule has 314 valence electrons. The number of unbranched alkanes of at least 4 members (excludes halogenated alkanes) is 16. The number of phosphoric acid groups is 1. The molecule has 1 N–H and O–H groups in total. The van der Waals surface area contributed by atoms with Crippen LogP contribution in [0.15, 0.2) is 48.6 Å². The van der Waals surface area contributed by atoms with Crippen LogP contribution in [-0.2, 0) is 32.7 Å². The summed E-state index contributed by atoms with van der Waals surface area (Å²) in [6, 6.07) is 0. The number of allylic oxidation sites excluding steroid dienone is 8. The summed E-state index contributed by atoms with van der Waals surface area (Å²) < 4.78 is 34.2. The van der Waals surface area contributed by atoms with Crippen molar-refractivity contribution in [1.29, 1.82) is 0 Å². The van der Waals surface area contributed by atoms with Crippen LogP contribution in [0.25, 0.3) is 0 Å². The molecular weight excluding hydrogens is 701 g/mol. The van der Waals surface area contributed by atoms with Crippen molar-refractivity contribution in [2.45, 2.75) is 174 Å². The molecule has 1 unspecified atom stereocenters. The number of rotatable bonds is 38. The summed E-state index contributed by atoms with van der Waals surface area (Å²) in [5.74, 6) is -0.846. The van der Waals surface area contributed by atoms with E-state index < -0.39 is 32.5 Å². The molecule has 0 radical (unpaired) electrons. The average Bonchev–Trinajstić information content (AvgIpc) is 3.12. The van der Waals surface area contributed by atoms with Gasteiger partial charge < -0.3 is 18.9 Å². The molecule has 0 aliphatic rings. The highest BCUT2D eigenvalue weighted by Crippen LogP contribution is 2.43. The fraction of sp³-hybridized carbons (Fsp3) is 0.773. The highest BCUT2D eigenvalue weighted by atomic mass is 31.2. The molecular formula is C44H81NO8P+. The zero-order valence-corrected chi connectivity index (χ0v) is 36.1. The summed E-state index contributed by atoms with van der Waals surface area (Å²) in [7, 11) is 1.45. The van der Waals surface area contributed by atoms with Crippen LogP contribution in [0.4, 0.5) is 0 Å². The minimum atomic E-state index is -4.38. The van der Waals surface area contributed by atoms with Gasteiger partial charge in [0.05, 0.1) is 27.7 Å². The molecule has 0 saturated carbocycles. The molecule has 54 heavy (non-hydrogen) atoms. The number of ether oxygens (including phenoxy) is 2. The van der Waals surface area contributed by atoms with Crippen LogP contribution in [0.3, 0.4) is 0 Å². The van der Waals surface area contributed by atoms with Crippen molar-refractivity contribution >= 4 is 19.8 Å². The van der Waals surface area contributed by atoms with Gasteiger partial charge in [0.15, 0.2) is 6.10 Å². The van der Waals surface area contributed by atoms with E-state index in [0.717, 1.165) is 51.4 Å². The van der Waals surface area contributed by atoms with Gasteiger partial charge in [0, 0.05) is 12.8 Å². The Morgan fingerprint density at radius 2 is 1.06 bits per heavy atom. The number of quaternary nitrogens is 1. The normalized spacial score (nSPS) is 14.1. The van der Waals surface area contributed by atoms with E-state index in [-0.39, 0.29) is 26.1 Å². The quantitative estimate of drug-likeness (QED) is 0.0217. The minimum absolute atomic E-state index is 0.0246. The van der Waals surface area contributed by atoms with Gasteiger partial charge in [-0.2, -0.15) is 0 Å². The molecule has 0 bridgehead atoms. The van der Waals surface area contributed by atoms with Crippen molar-refractivity contribution in [3.63, 3.8) is 0 Å². The van der Waals surface area contributed by atoms with Crippen molar-refractivity contribution in [1.82, 2.24) is 0 Å². The fourth-order valence-electron chi connectivity index (χ4n) is 5.53. The van der Waals surface area contributed by atoms with Gasteiger partial charge in [-0.05, 0) is 51.4 Å². The van der Waals surface area contributed by atoms with E-state index in [9.17, 15) is 19.0 Å². The van der Waals surface area contributed by atoms with Crippen molar-refractivity contribution in [2.24, 2.45) is 0 Å². The predicted molar refractivity (Wildman–Crippen MR) is 224 cm³/mol. The van der Waals surface area contributed by atoms with Crippen molar-refractivity contribution in [2.75, 3.05) is 47.5 Å². The summed E-state index contributed by atoms with van der Waals surface area (Å²) in [5.41, 5.74) is 0. The van der Waals surface area contributed by atoms with Gasteiger partial charge in [0.2, 0.25) is 0 Å². The standard InChI is InChI=1S/C44H80NO8P/c1-6-8-10-12-14-16-18-20-22-24-26-28-30-32-34-36-43(46)50-40-42(41-52-54(48,49)51-39-38-45(3,4)5)53-44(47)37-35-33-31-29-27-25-23-21-19-17-15-13-11-9-7-2/h8,10,14,16,20,22,26,28,42H,6-7,9,11-13,15,17-19,21,23-25,27,29-41H2,1-5H3/p+1/b10-8+,16-14+,22-20+,28-26+/t42-/m1/s1. The molecule has 0 spiro atoms. The number of hydrogen-bond donors (Lipinski definition) is 1. The summed E-state index contributed by atoms with van der Waals surface area (Å²) in [6.07, 6.45) is 41.6. The molecule has 0 aliphatic heterocycles. The van der Waals surface area contributed by atoms with Gasteiger partial charge in [-0.15, -0.1) is 0 Å². The van der Waals surface area contributed by atoms with E-state index >= 15 is 0 Å². The summed E-state index contributed by atoms with van der Waals surface area (Å²) in [6.45, 7) is 4.26. The Kier molecular flexibility index (Phi) is 35.2. The number of esters is 2. The molecule has 0 aromatic heterocycles. The molecule has 2 atom stereocenters. The zero-order valence-electron chi connectivity index (χ0n) is 35.2. The molecule has 10 heteroatoms. The number of carbonyl (C=O) groups excluding carboxylic acids is 2. The zero-order chi connectivity index (χ0) is 40.0. The van der Waals surface area contributed by atoms with Crippen LogP contribution in [0.2, 0.25) is 0 Å². The van der Waals surface area contributed by atoms with Gasteiger partial charge in [-0.3, -0.25) is 18.6 Å². The van der Waals surface area contributed by atoms with E-state index in [4.69, 9.17) is 18.5 Å². The Labute approximate surface area is 331 Å². The second-order valence-electron chi connectivity index (χ2n) is 15.4. The van der Waals surface area contributed by atoms with Gasteiger partial charge in [-0.1, -0.05) is 152 Å². The van der Waals surface area contributed by atoms with Crippen LogP contribution in [-0.4, -0.2) is 74.9 Å². The van der Waals surface area contributed by atoms with E-state index in [1.54, 1.807) is 0 Å². The van der Waals surface area contributed by atoms with E-state index in [1.165, 1.54) is 77.0 Å². The first-order valence-corrected chi connectivity index (χ1v) is 22.9. The Morgan fingerprint density at radius 1 is 0.593 bits per heavy atom. The first kappa shape index (κ1) is 52.0. The molecule has 9 nitrogen and oxygen atoms in total. The molecule has 0 heterocycles. The number of carbonyl (C=O) groups is 2. The fourth-order valence-corrected chi connectivity index (χ4v) is 6.27. The third-order valence-electron chi connectivity index (χ3n) is 8.87. The molecule has 0 aliphatic carbocycles. The summed E-state index contributed by atoms with van der Waals surface area (Å²) in [4.78, 5) is 35.3. The molecule has 0 fully saturated rings.